The fraction of sp³-hybridized carbons (Fsp3) is 0.450. The lowest BCUT2D eigenvalue weighted by molar-refractivity contribution is -0.118. The van der Waals surface area contributed by atoms with E-state index in [9.17, 15) is 14.7 Å². The number of nitrogens with zero attached hydrogens (tertiary/aromatic N) is 1. The summed E-state index contributed by atoms with van der Waals surface area (Å²) in [5, 5.41) is 12.0. The number of pyridine rings is 1. The number of carbonyl (C=O) groups excluding carboxylic acids is 2. The van der Waals surface area contributed by atoms with E-state index in [0.717, 1.165) is 41.5 Å². The van der Waals surface area contributed by atoms with Crippen molar-refractivity contribution >= 4 is 22.9 Å². The molecule has 3 rings (SSSR count). The average Bonchev–Trinajstić information content (AvgIpc) is 2.97. The minimum atomic E-state index is -0.779. The lowest BCUT2D eigenvalue weighted by atomic mass is 9.91. The minimum absolute atomic E-state index is 0.146. The molecule has 0 aromatic carbocycles. The molecule has 2 amide bonds. The fourth-order valence-electron chi connectivity index (χ4n) is 3.14. The maximum Gasteiger partial charge on any atom is 0.286 e. The number of rotatable bonds is 7. The van der Waals surface area contributed by atoms with E-state index < -0.39 is 6.10 Å². The van der Waals surface area contributed by atoms with Gasteiger partial charge in [0, 0.05) is 12.1 Å². The predicted octanol–water partition coefficient (Wildman–Crippen LogP) is 3.29. The van der Waals surface area contributed by atoms with Crippen LogP contribution in [0.15, 0.2) is 41.8 Å². The van der Waals surface area contributed by atoms with Crippen LogP contribution in [0.1, 0.15) is 44.1 Å². The minimum Gasteiger partial charge on any atom is -0.495 e. The second kappa shape index (κ2) is 8.71. The molecular formula is C20H24N2O4S. The Kier molecular flexibility index (Phi) is 6.34. The number of aryl methyl sites for hydroxylation is 1. The zero-order valence-corrected chi connectivity index (χ0v) is 16.3. The van der Waals surface area contributed by atoms with Crippen LogP contribution in [0.25, 0.3) is 0 Å². The van der Waals surface area contributed by atoms with E-state index in [2.05, 4.69) is 17.2 Å². The molecule has 1 aliphatic carbocycles. The first-order valence-electron chi connectivity index (χ1n) is 9.13. The van der Waals surface area contributed by atoms with Crippen LogP contribution >= 0.6 is 11.8 Å². The van der Waals surface area contributed by atoms with Gasteiger partial charge in [-0.15, -0.1) is 0 Å². The van der Waals surface area contributed by atoms with Gasteiger partial charge in [-0.3, -0.25) is 19.9 Å². The number of carbonyl (C=O) groups is 2. The Labute approximate surface area is 163 Å². The van der Waals surface area contributed by atoms with Crippen molar-refractivity contribution in [3.05, 3.63) is 53.1 Å². The highest BCUT2D eigenvalue weighted by Crippen LogP contribution is 2.32. The molecule has 1 aromatic rings. The normalized spacial score (nSPS) is 23.5. The van der Waals surface area contributed by atoms with Gasteiger partial charge >= 0.3 is 0 Å². The molecule has 1 fully saturated rings. The molecule has 2 aliphatic rings. The molecule has 1 saturated heterocycles. The quantitative estimate of drug-likeness (QED) is 0.745. The summed E-state index contributed by atoms with van der Waals surface area (Å²) >= 11 is 1.05. The van der Waals surface area contributed by atoms with E-state index in [-0.39, 0.29) is 28.9 Å². The van der Waals surface area contributed by atoms with Crippen molar-refractivity contribution in [2.75, 3.05) is 6.61 Å². The van der Waals surface area contributed by atoms with E-state index in [4.69, 9.17) is 4.74 Å². The van der Waals surface area contributed by atoms with Gasteiger partial charge in [-0.2, -0.15) is 0 Å². The van der Waals surface area contributed by atoms with Crippen molar-refractivity contribution in [1.82, 2.24) is 10.3 Å². The van der Waals surface area contributed by atoms with Gasteiger partial charge < -0.3 is 9.84 Å². The number of nitrogens with one attached hydrogen (secondary N) is 1. The summed E-state index contributed by atoms with van der Waals surface area (Å²) in [6.45, 7) is 4.25. The van der Waals surface area contributed by atoms with Crippen LogP contribution in [-0.2, 0) is 16.0 Å². The van der Waals surface area contributed by atoms with Gasteiger partial charge in [0.25, 0.3) is 5.24 Å². The average molecular weight is 388 g/mol. The third-order valence-corrected chi connectivity index (χ3v) is 5.74. The molecule has 7 heteroatoms. The summed E-state index contributed by atoms with van der Waals surface area (Å²) < 4.78 is 5.81. The van der Waals surface area contributed by atoms with Crippen LogP contribution in [0.3, 0.4) is 0 Å². The highest BCUT2D eigenvalue weighted by atomic mass is 32.2. The number of ether oxygens (including phenoxy) is 1. The lowest BCUT2D eigenvalue weighted by Crippen LogP contribution is -2.25. The summed E-state index contributed by atoms with van der Waals surface area (Å²) in [6.07, 6.45) is 7.08. The lowest BCUT2D eigenvalue weighted by Gasteiger charge is -2.24. The maximum absolute atomic E-state index is 11.7. The summed E-state index contributed by atoms with van der Waals surface area (Å²) in [5.41, 5.74) is 2.85. The zero-order chi connectivity index (χ0) is 19.4. The van der Waals surface area contributed by atoms with E-state index in [1.807, 2.05) is 31.2 Å². The molecule has 1 aromatic heterocycles. The van der Waals surface area contributed by atoms with Crippen LogP contribution in [-0.4, -0.2) is 33.1 Å². The second-order valence-corrected chi connectivity index (χ2v) is 8.03. The Morgan fingerprint density at radius 1 is 1.37 bits per heavy atom. The van der Waals surface area contributed by atoms with Gasteiger partial charge in [-0.25, -0.2) is 0 Å². The van der Waals surface area contributed by atoms with Gasteiger partial charge in [-0.1, -0.05) is 43.3 Å². The van der Waals surface area contributed by atoms with Gasteiger partial charge in [0.05, 0.1) is 16.7 Å². The Morgan fingerprint density at radius 2 is 2.19 bits per heavy atom. The van der Waals surface area contributed by atoms with Crippen LogP contribution in [0.5, 0.6) is 0 Å². The number of hydrogen-bond acceptors (Lipinski definition) is 6. The predicted molar refractivity (Wildman–Crippen MR) is 104 cm³/mol. The molecule has 0 radical (unpaired) electrons. The van der Waals surface area contributed by atoms with E-state index >= 15 is 0 Å². The standard InChI is InChI=1S/C20H24N2O4S/c1-3-13-4-6-15(21-10-13)16(23)11-26-17-7-5-14(8-12(17)2)9-18-19(24)22-20(25)27-18/h4-7,10,12,16,18,23H,3,8-9,11H2,1-2H3,(H,22,24,25)/t12?,16-,18?/m0/s1. The summed E-state index contributed by atoms with van der Waals surface area (Å²) in [6, 6.07) is 3.79. The number of hydrogen-bond donors (Lipinski definition) is 2. The van der Waals surface area contributed by atoms with Crippen LogP contribution in [0.2, 0.25) is 0 Å². The number of aliphatic hydroxyl groups excluding tert-OH is 1. The number of imide groups is 1. The van der Waals surface area contributed by atoms with Gasteiger partial charge in [0.15, 0.2) is 0 Å². The Morgan fingerprint density at radius 3 is 2.78 bits per heavy atom. The van der Waals surface area contributed by atoms with Crippen LogP contribution < -0.4 is 5.32 Å². The molecule has 27 heavy (non-hydrogen) atoms. The first kappa shape index (κ1) is 19.6. The Hall–Kier alpha value is -2.12. The molecule has 2 N–H and O–H groups in total. The topological polar surface area (TPSA) is 88.5 Å². The van der Waals surface area contributed by atoms with Gasteiger partial charge in [-0.05, 0) is 37.0 Å². The first-order valence-corrected chi connectivity index (χ1v) is 10.0. The molecule has 0 bridgehead atoms. The number of amides is 2. The van der Waals surface area contributed by atoms with Crippen LogP contribution in [0.4, 0.5) is 4.79 Å². The van der Waals surface area contributed by atoms with E-state index in [1.165, 1.54) is 0 Å². The second-order valence-electron chi connectivity index (χ2n) is 6.86. The summed E-state index contributed by atoms with van der Waals surface area (Å²) in [4.78, 5) is 27.3. The third-order valence-electron chi connectivity index (χ3n) is 4.76. The molecule has 6 nitrogen and oxygen atoms in total. The third kappa shape index (κ3) is 4.99. The van der Waals surface area contributed by atoms with Crippen molar-refractivity contribution in [3.8, 4) is 0 Å². The Balaban J connectivity index is 1.55. The largest absolute Gasteiger partial charge is 0.495 e. The van der Waals surface area contributed by atoms with Crippen molar-refractivity contribution < 1.29 is 19.4 Å². The number of aromatic nitrogens is 1. The SMILES string of the molecule is CCc1ccc([C@@H](O)COC2=CC=C(CC3SC(=O)NC3=O)CC2C)nc1. The smallest absolute Gasteiger partial charge is 0.286 e. The molecule has 0 spiro atoms. The van der Waals surface area contributed by atoms with E-state index in [1.54, 1.807) is 6.20 Å². The van der Waals surface area contributed by atoms with E-state index in [0.29, 0.717) is 12.1 Å². The van der Waals surface area contributed by atoms with Crippen molar-refractivity contribution in [2.45, 2.75) is 44.5 Å². The van der Waals surface area contributed by atoms with Gasteiger partial charge in [0.1, 0.15) is 12.7 Å². The van der Waals surface area contributed by atoms with Crippen molar-refractivity contribution in [2.24, 2.45) is 5.92 Å². The molecule has 0 saturated carbocycles. The molecule has 3 atom stereocenters. The Bertz CT molecular complexity index is 773. The zero-order valence-electron chi connectivity index (χ0n) is 15.5. The van der Waals surface area contributed by atoms with Crippen LogP contribution in [0, 0.1) is 5.92 Å². The number of thioether (sulfide) groups is 1. The molecule has 2 unspecified atom stereocenters. The monoisotopic (exact) mass is 388 g/mol. The molecular weight excluding hydrogens is 364 g/mol. The number of aliphatic hydroxyl groups is 1. The highest BCUT2D eigenvalue weighted by Gasteiger charge is 2.32. The summed E-state index contributed by atoms with van der Waals surface area (Å²) in [7, 11) is 0. The van der Waals surface area contributed by atoms with Crippen molar-refractivity contribution in [3.63, 3.8) is 0 Å². The number of allylic oxidation sites excluding steroid dienone is 4. The highest BCUT2D eigenvalue weighted by molar-refractivity contribution is 8.15. The first-order chi connectivity index (χ1) is 13.0. The van der Waals surface area contributed by atoms with Gasteiger partial charge in [0.2, 0.25) is 5.91 Å². The molecule has 1 aliphatic heterocycles. The maximum atomic E-state index is 11.7. The molecule has 2 heterocycles. The fourth-order valence-corrected chi connectivity index (χ4v) is 4.02. The summed E-state index contributed by atoms with van der Waals surface area (Å²) in [5.74, 6) is 0.745. The molecule has 144 valence electrons. The van der Waals surface area contributed by atoms with Crippen molar-refractivity contribution in [1.29, 1.82) is 0 Å².